The lowest BCUT2D eigenvalue weighted by atomic mass is 10.1. The first-order valence-corrected chi connectivity index (χ1v) is 7.72. The SMILES string of the molecule is O=C(CCc1ccccc1)n1c(Br)cc2c1CCNC2. The number of hydrogen-bond acceptors (Lipinski definition) is 2. The van der Waals surface area contributed by atoms with Gasteiger partial charge in [-0.2, -0.15) is 0 Å². The number of aromatic nitrogens is 1. The zero-order chi connectivity index (χ0) is 13.9. The quantitative estimate of drug-likeness (QED) is 0.936. The van der Waals surface area contributed by atoms with Crippen LogP contribution in [-0.2, 0) is 19.4 Å². The molecule has 0 fully saturated rings. The van der Waals surface area contributed by atoms with Crippen molar-refractivity contribution in [1.82, 2.24) is 9.88 Å². The van der Waals surface area contributed by atoms with Crippen molar-refractivity contribution < 1.29 is 4.79 Å². The smallest absolute Gasteiger partial charge is 0.232 e. The molecule has 4 heteroatoms. The molecule has 1 aliphatic heterocycles. The van der Waals surface area contributed by atoms with Gasteiger partial charge >= 0.3 is 0 Å². The predicted molar refractivity (Wildman–Crippen MR) is 82.9 cm³/mol. The number of hydrogen-bond donors (Lipinski definition) is 1. The fourth-order valence-corrected chi connectivity index (χ4v) is 3.38. The van der Waals surface area contributed by atoms with Crippen LogP contribution in [0.2, 0.25) is 0 Å². The van der Waals surface area contributed by atoms with Crippen LogP contribution in [0.4, 0.5) is 0 Å². The van der Waals surface area contributed by atoms with Crippen molar-refractivity contribution in [2.45, 2.75) is 25.8 Å². The molecule has 0 radical (unpaired) electrons. The van der Waals surface area contributed by atoms with E-state index in [1.54, 1.807) is 0 Å². The Balaban J connectivity index is 1.76. The molecule has 0 amide bonds. The van der Waals surface area contributed by atoms with Crippen molar-refractivity contribution in [3.8, 4) is 0 Å². The number of nitrogens with one attached hydrogen (secondary N) is 1. The lowest BCUT2D eigenvalue weighted by Crippen LogP contribution is -2.26. The van der Waals surface area contributed by atoms with Gasteiger partial charge in [-0.3, -0.25) is 9.36 Å². The van der Waals surface area contributed by atoms with Crippen molar-refractivity contribution in [3.05, 3.63) is 57.8 Å². The number of halogens is 1. The third-order valence-electron chi connectivity index (χ3n) is 3.72. The molecule has 0 saturated carbocycles. The van der Waals surface area contributed by atoms with E-state index in [0.29, 0.717) is 6.42 Å². The number of rotatable bonds is 3. The van der Waals surface area contributed by atoms with Crippen molar-refractivity contribution in [3.63, 3.8) is 0 Å². The van der Waals surface area contributed by atoms with Gasteiger partial charge in [-0.15, -0.1) is 0 Å². The number of aryl methyl sites for hydroxylation is 1. The lowest BCUT2D eigenvalue weighted by Gasteiger charge is -2.16. The van der Waals surface area contributed by atoms with Crippen LogP contribution < -0.4 is 5.32 Å². The maximum absolute atomic E-state index is 12.5. The summed E-state index contributed by atoms with van der Waals surface area (Å²) in [4.78, 5) is 12.5. The number of fused-ring (bicyclic) bond motifs is 1. The van der Waals surface area contributed by atoms with E-state index in [2.05, 4.69) is 39.4 Å². The van der Waals surface area contributed by atoms with E-state index in [1.807, 2.05) is 22.8 Å². The molecule has 2 heterocycles. The summed E-state index contributed by atoms with van der Waals surface area (Å²) in [6.07, 6.45) is 2.24. The van der Waals surface area contributed by atoms with E-state index in [9.17, 15) is 4.79 Å². The summed E-state index contributed by atoms with van der Waals surface area (Å²) in [7, 11) is 0. The summed E-state index contributed by atoms with van der Waals surface area (Å²) in [6, 6.07) is 12.2. The Bertz CT molecular complexity index is 619. The maximum atomic E-state index is 12.5. The van der Waals surface area contributed by atoms with E-state index in [4.69, 9.17) is 0 Å². The molecule has 0 atom stereocenters. The maximum Gasteiger partial charge on any atom is 0.232 e. The zero-order valence-corrected chi connectivity index (χ0v) is 12.8. The van der Waals surface area contributed by atoms with E-state index in [0.717, 1.165) is 36.2 Å². The fourth-order valence-electron chi connectivity index (χ4n) is 2.70. The van der Waals surface area contributed by atoms with Crippen LogP contribution in [0.3, 0.4) is 0 Å². The molecular formula is C16H17BrN2O. The highest BCUT2D eigenvalue weighted by molar-refractivity contribution is 9.10. The van der Waals surface area contributed by atoms with Crippen molar-refractivity contribution in [2.24, 2.45) is 0 Å². The van der Waals surface area contributed by atoms with E-state index < -0.39 is 0 Å². The van der Waals surface area contributed by atoms with E-state index in [-0.39, 0.29) is 5.91 Å². The van der Waals surface area contributed by atoms with Crippen LogP contribution in [0.1, 0.15) is 28.0 Å². The number of carbonyl (C=O) groups excluding carboxylic acids is 1. The average molecular weight is 333 g/mol. The monoisotopic (exact) mass is 332 g/mol. The molecule has 1 aromatic heterocycles. The molecule has 0 bridgehead atoms. The molecule has 0 saturated heterocycles. The molecule has 3 rings (SSSR count). The second-order valence-electron chi connectivity index (χ2n) is 5.08. The molecular weight excluding hydrogens is 316 g/mol. The average Bonchev–Trinajstić information content (AvgIpc) is 2.82. The second-order valence-corrected chi connectivity index (χ2v) is 5.89. The van der Waals surface area contributed by atoms with Crippen LogP contribution in [0.25, 0.3) is 0 Å². The summed E-state index contributed by atoms with van der Waals surface area (Å²) < 4.78 is 2.73. The summed E-state index contributed by atoms with van der Waals surface area (Å²) >= 11 is 3.52. The van der Waals surface area contributed by atoms with Gasteiger partial charge in [-0.05, 0) is 39.5 Å². The highest BCUT2D eigenvalue weighted by Crippen LogP contribution is 2.24. The zero-order valence-electron chi connectivity index (χ0n) is 11.2. The van der Waals surface area contributed by atoms with E-state index in [1.165, 1.54) is 11.1 Å². The Hall–Kier alpha value is -1.39. The fraction of sp³-hybridized carbons (Fsp3) is 0.312. The molecule has 104 valence electrons. The van der Waals surface area contributed by atoms with Gasteiger partial charge in [-0.1, -0.05) is 30.3 Å². The third-order valence-corrected chi connectivity index (χ3v) is 4.30. The molecule has 1 aliphatic rings. The van der Waals surface area contributed by atoms with E-state index >= 15 is 0 Å². The number of nitrogens with zero attached hydrogens (tertiary/aromatic N) is 1. The van der Waals surface area contributed by atoms with Crippen LogP contribution >= 0.6 is 15.9 Å². The lowest BCUT2D eigenvalue weighted by molar-refractivity contribution is 0.0897. The van der Waals surface area contributed by atoms with Crippen LogP contribution in [-0.4, -0.2) is 17.0 Å². The molecule has 2 aromatic rings. The first-order chi connectivity index (χ1) is 9.75. The standard InChI is InChI=1S/C16H17BrN2O/c17-15-10-13-11-18-9-8-14(13)19(15)16(20)7-6-12-4-2-1-3-5-12/h1-5,10,18H,6-9,11H2. The first-order valence-electron chi connectivity index (χ1n) is 6.92. The molecule has 1 N–H and O–H groups in total. The van der Waals surface area contributed by atoms with Gasteiger partial charge in [0.15, 0.2) is 0 Å². The van der Waals surface area contributed by atoms with Crippen LogP contribution in [0.15, 0.2) is 41.0 Å². The minimum Gasteiger partial charge on any atom is -0.312 e. The Kier molecular flexibility index (Phi) is 4.03. The van der Waals surface area contributed by atoms with Crippen molar-refractivity contribution >= 4 is 21.8 Å². The molecule has 1 aromatic carbocycles. The second kappa shape index (κ2) is 5.94. The summed E-state index contributed by atoms with van der Waals surface area (Å²) in [5.41, 5.74) is 3.60. The van der Waals surface area contributed by atoms with Crippen LogP contribution in [0, 0.1) is 0 Å². The van der Waals surface area contributed by atoms with Gasteiger partial charge in [0.2, 0.25) is 5.91 Å². The Morgan fingerprint density at radius 3 is 2.90 bits per heavy atom. The minimum atomic E-state index is 0.170. The van der Waals surface area contributed by atoms with Crippen molar-refractivity contribution in [2.75, 3.05) is 6.54 Å². The van der Waals surface area contributed by atoms with Gasteiger partial charge in [0.1, 0.15) is 0 Å². The summed E-state index contributed by atoms with van der Waals surface area (Å²) in [6.45, 7) is 1.79. The Morgan fingerprint density at radius 2 is 2.10 bits per heavy atom. The van der Waals surface area contributed by atoms with Gasteiger partial charge in [0, 0.05) is 31.6 Å². The topological polar surface area (TPSA) is 34.0 Å². The van der Waals surface area contributed by atoms with Gasteiger partial charge < -0.3 is 5.32 Å². The van der Waals surface area contributed by atoms with Gasteiger partial charge in [-0.25, -0.2) is 0 Å². The van der Waals surface area contributed by atoms with Crippen molar-refractivity contribution in [1.29, 1.82) is 0 Å². The largest absolute Gasteiger partial charge is 0.312 e. The highest BCUT2D eigenvalue weighted by Gasteiger charge is 2.20. The first kappa shape index (κ1) is 13.6. The molecule has 0 aliphatic carbocycles. The summed E-state index contributed by atoms with van der Waals surface area (Å²) in [5, 5.41) is 3.33. The number of benzene rings is 1. The van der Waals surface area contributed by atoms with Crippen LogP contribution in [0.5, 0.6) is 0 Å². The van der Waals surface area contributed by atoms with Gasteiger partial charge in [0.05, 0.1) is 4.60 Å². The minimum absolute atomic E-state index is 0.170. The normalized spacial score (nSPS) is 14.1. The Labute approximate surface area is 127 Å². The molecule has 0 unspecified atom stereocenters. The molecule has 20 heavy (non-hydrogen) atoms. The molecule has 3 nitrogen and oxygen atoms in total. The van der Waals surface area contributed by atoms with Gasteiger partial charge in [0.25, 0.3) is 0 Å². The Morgan fingerprint density at radius 1 is 1.30 bits per heavy atom. The molecule has 0 spiro atoms. The number of carbonyl (C=O) groups is 1. The predicted octanol–water partition coefficient (Wildman–Crippen LogP) is 3.17. The third kappa shape index (κ3) is 2.72. The summed E-state index contributed by atoms with van der Waals surface area (Å²) in [5.74, 6) is 0.170. The highest BCUT2D eigenvalue weighted by atomic mass is 79.9.